The number of hydrogen-bond acceptors (Lipinski definition) is 6. The fourth-order valence-corrected chi connectivity index (χ4v) is 0.436. The minimum atomic E-state index is -0.501. The molecule has 0 heterocycles. The molecule has 0 aliphatic heterocycles. The second kappa shape index (κ2) is 15.5. The summed E-state index contributed by atoms with van der Waals surface area (Å²) in [7, 11) is 0. The number of esters is 1. The Hall–Kier alpha value is -0.950. The van der Waals surface area contributed by atoms with Crippen LogP contribution in [-0.2, 0) is 14.3 Å². The van der Waals surface area contributed by atoms with Crippen LogP contribution in [0, 0.1) is 0 Å². The molecule has 0 fully saturated rings. The van der Waals surface area contributed by atoms with E-state index in [2.05, 4.69) is 16.1 Å². The van der Waals surface area contributed by atoms with Crippen LogP contribution in [0.4, 0.5) is 0 Å². The van der Waals surface area contributed by atoms with Crippen molar-refractivity contribution < 1.29 is 29.6 Å². The first kappa shape index (κ1) is 16.5. The first-order valence-corrected chi connectivity index (χ1v) is 4.42. The van der Waals surface area contributed by atoms with Gasteiger partial charge >= 0.3 is 5.97 Å². The van der Waals surface area contributed by atoms with Crippen molar-refractivity contribution >= 4 is 5.97 Å². The molecule has 0 aromatic carbocycles. The van der Waals surface area contributed by atoms with Gasteiger partial charge in [-0.2, -0.15) is 0 Å². The molecule has 0 unspecified atom stereocenters. The van der Waals surface area contributed by atoms with E-state index in [4.69, 9.17) is 15.3 Å². The first-order valence-electron chi connectivity index (χ1n) is 4.42. The van der Waals surface area contributed by atoms with Gasteiger partial charge in [-0.25, -0.2) is 4.79 Å². The van der Waals surface area contributed by atoms with Crippen molar-refractivity contribution in [2.75, 3.05) is 39.6 Å². The molecule has 15 heavy (non-hydrogen) atoms. The fourth-order valence-electron chi connectivity index (χ4n) is 0.436. The summed E-state index contributed by atoms with van der Waals surface area (Å²) >= 11 is 0. The molecular weight excluding hydrogens is 204 g/mol. The average molecular weight is 222 g/mol. The average Bonchev–Trinajstić information content (AvgIpc) is 2.27. The molecular formula is C9H18O6. The fraction of sp³-hybridized carbons (Fsp3) is 0.667. The summed E-state index contributed by atoms with van der Waals surface area (Å²) in [6.07, 6.45) is 1.05. The number of hydrogen-bond donors (Lipinski definition) is 3. The minimum Gasteiger partial charge on any atom is -0.460 e. The summed E-state index contributed by atoms with van der Waals surface area (Å²) in [5, 5.41) is 24.3. The predicted molar refractivity (Wildman–Crippen MR) is 53.2 cm³/mol. The van der Waals surface area contributed by atoms with Crippen LogP contribution >= 0.6 is 0 Å². The maximum Gasteiger partial charge on any atom is 0.330 e. The van der Waals surface area contributed by atoms with Crippen molar-refractivity contribution in [3.8, 4) is 0 Å². The van der Waals surface area contributed by atoms with E-state index in [9.17, 15) is 4.79 Å². The summed E-state index contributed by atoms with van der Waals surface area (Å²) in [4.78, 5) is 10.1. The highest BCUT2D eigenvalue weighted by molar-refractivity contribution is 5.81. The van der Waals surface area contributed by atoms with Crippen LogP contribution in [0.25, 0.3) is 0 Å². The van der Waals surface area contributed by atoms with Gasteiger partial charge in [-0.3, -0.25) is 0 Å². The Bertz CT molecular complexity index is 144. The summed E-state index contributed by atoms with van der Waals surface area (Å²) in [5.41, 5.74) is 0. The molecule has 0 radical (unpaired) electrons. The van der Waals surface area contributed by atoms with Crippen molar-refractivity contribution in [2.45, 2.75) is 0 Å². The van der Waals surface area contributed by atoms with Crippen molar-refractivity contribution in [1.29, 1.82) is 0 Å². The van der Waals surface area contributed by atoms with Gasteiger partial charge in [-0.15, -0.1) is 0 Å². The van der Waals surface area contributed by atoms with Crippen LogP contribution in [0.5, 0.6) is 0 Å². The largest absolute Gasteiger partial charge is 0.460 e. The number of rotatable bonds is 7. The van der Waals surface area contributed by atoms with Gasteiger partial charge in [0.2, 0.25) is 0 Å². The lowest BCUT2D eigenvalue weighted by Gasteiger charge is -1.94. The molecule has 6 heteroatoms. The highest BCUT2D eigenvalue weighted by Crippen LogP contribution is 1.75. The van der Waals surface area contributed by atoms with Gasteiger partial charge in [0.05, 0.1) is 33.0 Å². The van der Waals surface area contributed by atoms with Gasteiger partial charge in [0, 0.05) is 6.08 Å². The third kappa shape index (κ3) is 19.5. The third-order valence-electron chi connectivity index (χ3n) is 0.974. The zero-order chi connectivity index (χ0) is 11.9. The van der Waals surface area contributed by atoms with E-state index >= 15 is 0 Å². The summed E-state index contributed by atoms with van der Waals surface area (Å²) in [6.45, 7) is 3.76. The van der Waals surface area contributed by atoms with E-state index < -0.39 is 5.97 Å². The number of ether oxygens (including phenoxy) is 2. The molecule has 0 atom stereocenters. The topological polar surface area (TPSA) is 96.2 Å². The second-order valence-electron chi connectivity index (χ2n) is 2.15. The van der Waals surface area contributed by atoms with Crippen molar-refractivity contribution in [3.05, 3.63) is 12.7 Å². The number of aliphatic hydroxyl groups excluding tert-OH is 3. The van der Waals surface area contributed by atoms with E-state index in [1.165, 1.54) is 0 Å². The molecule has 6 nitrogen and oxygen atoms in total. The van der Waals surface area contributed by atoms with E-state index in [1.54, 1.807) is 0 Å². The normalized spacial score (nSPS) is 8.73. The Morgan fingerprint density at radius 3 is 1.87 bits per heavy atom. The Morgan fingerprint density at radius 1 is 1.07 bits per heavy atom. The van der Waals surface area contributed by atoms with Crippen LogP contribution < -0.4 is 0 Å². The maximum atomic E-state index is 10.1. The van der Waals surface area contributed by atoms with Gasteiger partial charge in [0.25, 0.3) is 0 Å². The van der Waals surface area contributed by atoms with Crippen LogP contribution in [-0.4, -0.2) is 60.9 Å². The Balaban J connectivity index is 0. The molecule has 0 amide bonds. The van der Waals surface area contributed by atoms with Crippen LogP contribution in [0.3, 0.4) is 0 Å². The Labute approximate surface area is 88.7 Å². The van der Waals surface area contributed by atoms with E-state index in [0.717, 1.165) is 6.08 Å². The van der Waals surface area contributed by atoms with Crippen LogP contribution in [0.15, 0.2) is 12.7 Å². The molecule has 0 rings (SSSR count). The molecule has 0 bridgehead atoms. The number of carbonyl (C=O) groups is 1. The summed E-state index contributed by atoms with van der Waals surface area (Å²) in [5.74, 6) is -0.501. The van der Waals surface area contributed by atoms with Crippen molar-refractivity contribution in [1.82, 2.24) is 0 Å². The Kier molecular flexibility index (Phi) is 17.0. The highest BCUT2D eigenvalue weighted by Gasteiger charge is 1.90. The molecule has 0 aliphatic carbocycles. The number of aliphatic hydroxyl groups is 3. The summed E-state index contributed by atoms with van der Waals surface area (Å²) in [6, 6.07) is 0. The quantitative estimate of drug-likeness (QED) is 0.281. The zero-order valence-corrected chi connectivity index (χ0v) is 8.59. The molecule has 90 valence electrons. The van der Waals surface area contributed by atoms with Gasteiger partial charge in [0.1, 0.15) is 6.61 Å². The van der Waals surface area contributed by atoms with E-state index in [1.807, 2.05) is 0 Å². The van der Waals surface area contributed by atoms with Crippen LogP contribution in [0.1, 0.15) is 0 Å². The van der Waals surface area contributed by atoms with Crippen LogP contribution in [0.2, 0.25) is 0 Å². The van der Waals surface area contributed by atoms with Gasteiger partial charge in [-0.05, 0) is 0 Å². The van der Waals surface area contributed by atoms with E-state index in [-0.39, 0.29) is 26.4 Å². The zero-order valence-electron chi connectivity index (χ0n) is 8.59. The summed E-state index contributed by atoms with van der Waals surface area (Å²) < 4.78 is 8.97. The van der Waals surface area contributed by atoms with Gasteiger partial charge in [0.15, 0.2) is 0 Å². The highest BCUT2D eigenvalue weighted by atomic mass is 16.5. The lowest BCUT2D eigenvalue weighted by molar-refractivity contribution is -0.138. The lowest BCUT2D eigenvalue weighted by atomic mass is 10.6. The van der Waals surface area contributed by atoms with Gasteiger partial charge < -0.3 is 24.8 Å². The Morgan fingerprint density at radius 2 is 1.53 bits per heavy atom. The van der Waals surface area contributed by atoms with E-state index in [0.29, 0.717) is 13.2 Å². The lowest BCUT2D eigenvalue weighted by Crippen LogP contribution is -2.04. The monoisotopic (exact) mass is 222 g/mol. The van der Waals surface area contributed by atoms with Crippen molar-refractivity contribution in [3.63, 3.8) is 0 Å². The first-order chi connectivity index (χ1) is 7.22. The molecule has 0 saturated heterocycles. The maximum absolute atomic E-state index is 10.1. The molecule has 0 spiro atoms. The smallest absolute Gasteiger partial charge is 0.330 e. The van der Waals surface area contributed by atoms with Crippen molar-refractivity contribution in [2.24, 2.45) is 0 Å². The predicted octanol–water partition coefficient (Wildman–Crippen LogP) is -1.30. The second-order valence-corrected chi connectivity index (χ2v) is 2.15. The molecule has 0 aromatic rings. The standard InChI is InChI=1S/C5H8O3.C4H10O3/c1-2-5(7)8-4-3-6;5-1-3-7-4-2-6/h2,6H,1,3-4H2;5-6H,1-4H2. The number of carbonyl (C=O) groups excluding carboxylic acids is 1. The molecule has 0 aromatic heterocycles. The molecule has 0 saturated carbocycles. The minimum absolute atomic E-state index is 0.0278. The third-order valence-corrected chi connectivity index (χ3v) is 0.974. The molecule has 0 aliphatic rings. The van der Waals surface area contributed by atoms with Gasteiger partial charge in [-0.1, -0.05) is 6.58 Å². The molecule has 3 N–H and O–H groups in total. The SMILES string of the molecule is C=CC(=O)OCCO.OCCOCCO.